The molecule has 100 valence electrons. The number of aromatic amines is 1. The summed E-state index contributed by atoms with van der Waals surface area (Å²) in [7, 11) is -1.89. The van der Waals surface area contributed by atoms with Crippen molar-refractivity contribution in [3.05, 3.63) is 23.9 Å². The Bertz CT molecular complexity index is 647. The molecule has 0 aliphatic heterocycles. The van der Waals surface area contributed by atoms with E-state index in [-0.39, 0.29) is 5.04 Å². The summed E-state index contributed by atoms with van der Waals surface area (Å²) in [6.07, 6.45) is 1.67. The molecule has 2 rings (SSSR count). The Morgan fingerprint density at radius 3 is 2.58 bits per heavy atom. The molecule has 19 heavy (non-hydrogen) atoms. The summed E-state index contributed by atoms with van der Waals surface area (Å²) >= 11 is 0. The Labute approximate surface area is 114 Å². The summed E-state index contributed by atoms with van der Waals surface area (Å²) in [5.41, 5.74) is 1.44. The van der Waals surface area contributed by atoms with Crippen molar-refractivity contribution >= 4 is 19.2 Å². The van der Waals surface area contributed by atoms with Crippen LogP contribution in [0, 0.1) is 11.3 Å². The number of benzene rings is 1. The number of nitriles is 1. The molecule has 0 unspecified atom stereocenters. The van der Waals surface area contributed by atoms with Crippen LogP contribution in [0.15, 0.2) is 18.3 Å². The molecule has 0 atom stereocenters. The van der Waals surface area contributed by atoms with Crippen LogP contribution in [0.25, 0.3) is 10.9 Å². The number of aromatic nitrogens is 2. The maximum Gasteiger partial charge on any atom is 0.250 e. The highest BCUT2D eigenvalue weighted by molar-refractivity contribution is 6.74. The Balaban J connectivity index is 2.45. The Morgan fingerprint density at radius 2 is 2.00 bits per heavy atom. The average molecular weight is 273 g/mol. The lowest BCUT2D eigenvalue weighted by atomic mass is 10.1. The van der Waals surface area contributed by atoms with Crippen molar-refractivity contribution in [2.45, 2.75) is 38.9 Å². The van der Waals surface area contributed by atoms with Gasteiger partial charge >= 0.3 is 0 Å². The summed E-state index contributed by atoms with van der Waals surface area (Å²) in [6.45, 7) is 11.0. The second kappa shape index (κ2) is 4.39. The molecule has 4 nitrogen and oxygen atoms in total. The van der Waals surface area contributed by atoms with Crippen molar-refractivity contribution in [2.75, 3.05) is 0 Å². The highest BCUT2D eigenvalue weighted by Gasteiger charge is 2.39. The van der Waals surface area contributed by atoms with Crippen molar-refractivity contribution in [1.82, 2.24) is 10.2 Å². The van der Waals surface area contributed by atoms with E-state index in [9.17, 15) is 5.26 Å². The van der Waals surface area contributed by atoms with Gasteiger partial charge in [0.25, 0.3) is 0 Å². The van der Waals surface area contributed by atoms with Crippen molar-refractivity contribution in [3.63, 3.8) is 0 Å². The van der Waals surface area contributed by atoms with Gasteiger partial charge in [0.15, 0.2) is 0 Å². The molecule has 0 amide bonds. The monoisotopic (exact) mass is 273 g/mol. The van der Waals surface area contributed by atoms with Gasteiger partial charge in [0.05, 0.1) is 17.3 Å². The third-order valence-corrected chi connectivity index (χ3v) is 8.19. The fraction of sp³-hybridized carbons (Fsp3) is 0.429. The quantitative estimate of drug-likeness (QED) is 0.846. The summed E-state index contributed by atoms with van der Waals surface area (Å²) < 4.78 is 6.23. The van der Waals surface area contributed by atoms with E-state index in [1.54, 1.807) is 12.3 Å². The SMILES string of the molecule is CC(C)(C)[Si](C)(C)Oc1cc(C#N)c2cn[nH]c2c1. The van der Waals surface area contributed by atoms with Gasteiger partial charge < -0.3 is 4.43 Å². The van der Waals surface area contributed by atoms with Crippen LogP contribution >= 0.6 is 0 Å². The molecule has 1 N–H and O–H groups in total. The number of hydrogen-bond donors (Lipinski definition) is 1. The van der Waals surface area contributed by atoms with Crippen molar-refractivity contribution in [3.8, 4) is 11.8 Å². The molecule has 0 aliphatic carbocycles. The predicted molar refractivity (Wildman–Crippen MR) is 78.6 cm³/mol. The van der Waals surface area contributed by atoms with Crippen LogP contribution in [-0.2, 0) is 0 Å². The van der Waals surface area contributed by atoms with Gasteiger partial charge in [-0.15, -0.1) is 0 Å². The van der Waals surface area contributed by atoms with Crippen LogP contribution in [0.1, 0.15) is 26.3 Å². The fourth-order valence-corrected chi connectivity index (χ4v) is 2.64. The maximum atomic E-state index is 9.20. The van der Waals surface area contributed by atoms with E-state index in [0.717, 1.165) is 16.7 Å². The van der Waals surface area contributed by atoms with Gasteiger partial charge in [-0.25, -0.2) is 0 Å². The molecular weight excluding hydrogens is 254 g/mol. The molecule has 0 bridgehead atoms. The lowest BCUT2D eigenvalue weighted by Gasteiger charge is -2.36. The Hall–Kier alpha value is -1.80. The molecule has 1 aromatic carbocycles. The molecule has 0 saturated heterocycles. The second-order valence-corrected chi connectivity index (χ2v) is 11.0. The summed E-state index contributed by atoms with van der Waals surface area (Å²) in [5.74, 6) is 0.750. The highest BCUT2D eigenvalue weighted by Crippen LogP contribution is 2.38. The summed E-state index contributed by atoms with van der Waals surface area (Å²) in [6, 6.07) is 5.92. The van der Waals surface area contributed by atoms with Crippen molar-refractivity contribution in [2.24, 2.45) is 0 Å². The fourth-order valence-electron chi connectivity index (χ4n) is 1.62. The van der Waals surface area contributed by atoms with Crippen LogP contribution in [0.3, 0.4) is 0 Å². The maximum absolute atomic E-state index is 9.20. The van der Waals surface area contributed by atoms with Gasteiger partial charge in [-0.05, 0) is 24.2 Å². The van der Waals surface area contributed by atoms with E-state index in [2.05, 4.69) is 50.1 Å². The zero-order chi connectivity index (χ0) is 14.3. The van der Waals surface area contributed by atoms with Crippen LogP contribution < -0.4 is 4.43 Å². The third-order valence-electron chi connectivity index (χ3n) is 3.83. The van der Waals surface area contributed by atoms with Crippen molar-refractivity contribution in [1.29, 1.82) is 5.26 Å². The standard InChI is InChI=1S/C14H19N3OSi/c1-14(2,3)19(4,5)18-11-6-10(8-15)12-9-16-17-13(12)7-11/h6-7,9H,1-5H3,(H,16,17). The number of nitrogens with zero attached hydrogens (tertiary/aromatic N) is 2. The van der Waals surface area contributed by atoms with E-state index >= 15 is 0 Å². The topological polar surface area (TPSA) is 61.7 Å². The minimum Gasteiger partial charge on any atom is -0.543 e. The summed E-state index contributed by atoms with van der Waals surface area (Å²) in [5, 5.41) is 17.0. The first-order valence-corrected chi connectivity index (χ1v) is 9.22. The van der Waals surface area contributed by atoms with Crippen LogP contribution in [0.2, 0.25) is 18.1 Å². The first-order chi connectivity index (χ1) is 8.74. The number of rotatable bonds is 2. The van der Waals surface area contributed by atoms with Gasteiger partial charge in [0.1, 0.15) is 11.8 Å². The van der Waals surface area contributed by atoms with Crippen molar-refractivity contribution < 1.29 is 4.43 Å². The summed E-state index contributed by atoms with van der Waals surface area (Å²) in [4.78, 5) is 0. The first kappa shape index (κ1) is 13.6. The molecule has 1 aromatic heterocycles. The zero-order valence-electron chi connectivity index (χ0n) is 12.0. The van der Waals surface area contributed by atoms with E-state index in [1.807, 2.05) is 6.07 Å². The van der Waals surface area contributed by atoms with E-state index in [0.29, 0.717) is 5.56 Å². The molecule has 5 heteroatoms. The number of nitrogens with one attached hydrogen (secondary N) is 1. The number of H-pyrrole nitrogens is 1. The van der Waals surface area contributed by atoms with Gasteiger partial charge in [-0.3, -0.25) is 5.10 Å². The Morgan fingerprint density at radius 1 is 1.32 bits per heavy atom. The van der Waals surface area contributed by atoms with E-state index in [1.165, 1.54) is 0 Å². The molecular formula is C14H19N3OSi. The smallest absolute Gasteiger partial charge is 0.250 e. The van der Waals surface area contributed by atoms with Gasteiger partial charge in [-0.1, -0.05) is 20.8 Å². The van der Waals surface area contributed by atoms with E-state index in [4.69, 9.17) is 4.43 Å². The van der Waals surface area contributed by atoms with Crippen LogP contribution in [0.5, 0.6) is 5.75 Å². The molecule has 0 fully saturated rings. The molecule has 0 spiro atoms. The zero-order valence-corrected chi connectivity index (χ0v) is 13.0. The lowest BCUT2D eigenvalue weighted by molar-refractivity contribution is 0.492. The molecule has 0 radical (unpaired) electrons. The molecule has 0 aliphatic rings. The largest absolute Gasteiger partial charge is 0.543 e. The number of hydrogen-bond acceptors (Lipinski definition) is 3. The van der Waals surface area contributed by atoms with Gasteiger partial charge in [0.2, 0.25) is 8.32 Å². The minimum atomic E-state index is -1.89. The normalized spacial score (nSPS) is 12.4. The predicted octanol–water partition coefficient (Wildman–Crippen LogP) is 3.82. The average Bonchev–Trinajstić information content (AvgIpc) is 2.73. The third kappa shape index (κ3) is 2.49. The van der Waals surface area contributed by atoms with E-state index < -0.39 is 8.32 Å². The first-order valence-electron chi connectivity index (χ1n) is 6.31. The Kier molecular flexibility index (Phi) is 3.15. The van der Waals surface area contributed by atoms with Gasteiger partial charge in [-0.2, -0.15) is 10.4 Å². The van der Waals surface area contributed by atoms with Crippen LogP contribution in [-0.4, -0.2) is 18.5 Å². The molecule has 0 saturated carbocycles. The minimum absolute atomic E-state index is 0.128. The van der Waals surface area contributed by atoms with Gasteiger partial charge in [0, 0.05) is 11.5 Å². The van der Waals surface area contributed by atoms with Crippen LogP contribution in [0.4, 0.5) is 0 Å². The highest BCUT2D eigenvalue weighted by atomic mass is 28.4. The molecule has 2 aromatic rings. The lowest BCUT2D eigenvalue weighted by Crippen LogP contribution is -2.43. The molecule has 1 heterocycles. The number of fused-ring (bicyclic) bond motifs is 1. The second-order valence-electron chi connectivity index (χ2n) is 6.28.